The lowest BCUT2D eigenvalue weighted by Crippen LogP contribution is -2.05. The minimum atomic E-state index is 0.0896. The molecule has 1 nitrogen and oxygen atoms in total. The monoisotopic (exact) mass is 336 g/mol. The van der Waals surface area contributed by atoms with Gasteiger partial charge in [-0.2, -0.15) is 0 Å². The average Bonchev–Trinajstić information content (AvgIpc) is 2.38. The van der Waals surface area contributed by atoms with E-state index in [2.05, 4.69) is 15.9 Å². The summed E-state index contributed by atoms with van der Waals surface area (Å²) in [6, 6.07) is 11.3. The van der Waals surface area contributed by atoms with E-state index in [1.165, 1.54) is 0 Å². The summed E-state index contributed by atoms with van der Waals surface area (Å²) in [4.78, 5) is 12.3. The van der Waals surface area contributed by atoms with Gasteiger partial charge in [0.25, 0.3) is 0 Å². The molecule has 0 aliphatic heterocycles. The van der Waals surface area contributed by atoms with Crippen molar-refractivity contribution in [3.63, 3.8) is 0 Å². The van der Waals surface area contributed by atoms with Crippen molar-refractivity contribution in [2.45, 2.75) is 20.3 Å². The van der Waals surface area contributed by atoms with Crippen molar-refractivity contribution in [1.29, 1.82) is 0 Å². The molecule has 0 saturated carbocycles. The summed E-state index contributed by atoms with van der Waals surface area (Å²) in [7, 11) is 0. The molecule has 0 saturated heterocycles. The van der Waals surface area contributed by atoms with Crippen LogP contribution in [0.3, 0.4) is 0 Å². The van der Waals surface area contributed by atoms with Crippen molar-refractivity contribution >= 4 is 33.3 Å². The van der Waals surface area contributed by atoms with Gasteiger partial charge in [0.1, 0.15) is 0 Å². The number of halogens is 2. The molecule has 0 spiro atoms. The lowest BCUT2D eigenvalue weighted by Gasteiger charge is -2.08. The molecule has 98 valence electrons. The minimum Gasteiger partial charge on any atom is -0.294 e. The Morgan fingerprint density at radius 2 is 1.74 bits per heavy atom. The molecule has 0 amide bonds. The van der Waals surface area contributed by atoms with Gasteiger partial charge >= 0.3 is 0 Å². The van der Waals surface area contributed by atoms with Crippen molar-refractivity contribution in [3.8, 4) is 0 Å². The summed E-state index contributed by atoms with van der Waals surface area (Å²) < 4.78 is 1.06. The molecular weight excluding hydrogens is 324 g/mol. The number of ketones is 1. The van der Waals surface area contributed by atoms with Gasteiger partial charge in [-0.05, 0) is 48.7 Å². The zero-order valence-corrected chi connectivity index (χ0v) is 13.2. The SMILES string of the molecule is Cc1cc(C(=O)Cc2ccccc2Cl)cc(C)c1Br. The molecule has 0 aromatic heterocycles. The predicted octanol–water partition coefficient (Wildman–Crippen LogP) is 5.14. The van der Waals surface area contributed by atoms with Gasteiger partial charge in [-0.3, -0.25) is 4.79 Å². The van der Waals surface area contributed by atoms with Crippen LogP contribution in [-0.4, -0.2) is 5.78 Å². The van der Waals surface area contributed by atoms with Gasteiger partial charge in [-0.25, -0.2) is 0 Å². The first-order chi connectivity index (χ1) is 8.99. The number of carbonyl (C=O) groups is 1. The normalized spacial score (nSPS) is 10.5. The Kier molecular flexibility index (Phi) is 4.43. The van der Waals surface area contributed by atoms with Crippen LogP contribution in [0, 0.1) is 13.8 Å². The van der Waals surface area contributed by atoms with E-state index in [0.717, 1.165) is 26.7 Å². The van der Waals surface area contributed by atoms with Gasteiger partial charge < -0.3 is 0 Å². The fraction of sp³-hybridized carbons (Fsp3) is 0.188. The summed E-state index contributed by atoms with van der Waals surface area (Å²) in [5.41, 5.74) is 3.75. The van der Waals surface area contributed by atoms with Gasteiger partial charge in [-0.15, -0.1) is 0 Å². The van der Waals surface area contributed by atoms with Crippen LogP contribution in [0.2, 0.25) is 5.02 Å². The highest BCUT2D eigenvalue weighted by molar-refractivity contribution is 9.10. The summed E-state index contributed by atoms with van der Waals surface area (Å²) in [6.07, 6.45) is 0.334. The number of hydrogen-bond acceptors (Lipinski definition) is 1. The van der Waals surface area contributed by atoms with Crippen LogP contribution in [0.25, 0.3) is 0 Å². The van der Waals surface area contributed by atoms with Gasteiger partial charge in [-0.1, -0.05) is 45.7 Å². The molecule has 0 unspecified atom stereocenters. The minimum absolute atomic E-state index is 0.0896. The first kappa shape index (κ1) is 14.3. The first-order valence-electron chi connectivity index (χ1n) is 6.02. The molecule has 2 aromatic rings. The highest BCUT2D eigenvalue weighted by atomic mass is 79.9. The lowest BCUT2D eigenvalue weighted by molar-refractivity contribution is 0.0993. The Balaban J connectivity index is 2.28. The maximum atomic E-state index is 12.3. The molecule has 0 atom stereocenters. The molecule has 0 fully saturated rings. The van der Waals surface area contributed by atoms with Gasteiger partial charge in [0.05, 0.1) is 0 Å². The highest BCUT2D eigenvalue weighted by Crippen LogP contribution is 2.24. The Morgan fingerprint density at radius 3 is 2.32 bits per heavy atom. The van der Waals surface area contributed by atoms with Crippen LogP contribution in [-0.2, 0) is 6.42 Å². The number of Topliss-reactive ketones (excluding diaryl/α,β-unsaturated/α-hetero) is 1. The maximum Gasteiger partial charge on any atom is 0.167 e. The zero-order chi connectivity index (χ0) is 14.0. The molecular formula is C16H14BrClO. The highest BCUT2D eigenvalue weighted by Gasteiger charge is 2.11. The maximum absolute atomic E-state index is 12.3. The molecule has 2 rings (SSSR count). The molecule has 0 bridgehead atoms. The standard InChI is InChI=1S/C16H14BrClO/c1-10-7-13(8-11(2)16(10)17)15(19)9-12-5-3-4-6-14(12)18/h3-8H,9H2,1-2H3. The third-order valence-electron chi connectivity index (χ3n) is 3.07. The second kappa shape index (κ2) is 5.89. The van der Waals surface area contributed by atoms with Crippen LogP contribution < -0.4 is 0 Å². The summed E-state index contributed by atoms with van der Waals surface area (Å²) in [6.45, 7) is 3.98. The summed E-state index contributed by atoms with van der Waals surface area (Å²) >= 11 is 9.59. The van der Waals surface area contributed by atoms with Gasteiger partial charge in [0.15, 0.2) is 5.78 Å². The topological polar surface area (TPSA) is 17.1 Å². The molecule has 2 aromatic carbocycles. The van der Waals surface area contributed by atoms with E-state index in [0.29, 0.717) is 11.4 Å². The van der Waals surface area contributed by atoms with Crippen LogP contribution in [0.1, 0.15) is 27.0 Å². The fourth-order valence-corrected chi connectivity index (χ4v) is 2.46. The molecule has 0 aliphatic rings. The molecule has 0 aliphatic carbocycles. The van der Waals surface area contributed by atoms with E-state index < -0.39 is 0 Å². The van der Waals surface area contributed by atoms with E-state index in [9.17, 15) is 4.79 Å². The van der Waals surface area contributed by atoms with Crippen molar-refractivity contribution in [1.82, 2.24) is 0 Å². The third-order valence-corrected chi connectivity index (χ3v) is 4.69. The Hall–Kier alpha value is -1.12. The van der Waals surface area contributed by atoms with E-state index in [4.69, 9.17) is 11.6 Å². The summed E-state index contributed by atoms with van der Waals surface area (Å²) in [5, 5.41) is 0.640. The van der Waals surface area contributed by atoms with Crippen molar-refractivity contribution in [2.75, 3.05) is 0 Å². The number of benzene rings is 2. The Morgan fingerprint density at radius 1 is 1.16 bits per heavy atom. The van der Waals surface area contributed by atoms with E-state index >= 15 is 0 Å². The Labute approximate surface area is 126 Å². The van der Waals surface area contributed by atoms with Crippen LogP contribution in [0.15, 0.2) is 40.9 Å². The molecule has 0 N–H and O–H groups in total. The van der Waals surface area contributed by atoms with Crippen molar-refractivity contribution in [3.05, 3.63) is 68.1 Å². The fourth-order valence-electron chi connectivity index (χ4n) is 2.02. The van der Waals surface area contributed by atoms with Crippen molar-refractivity contribution < 1.29 is 4.79 Å². The molecule has 3 heteroatoms. The van der Waals surface area contributed by atoms with E-state index in [1.54, 1.807) is 0 Å². The van der Waals surface area contributed by atoms with E-state index in [-0.39, 0.29) is 5.78 Å². The second-order valence-electron chi connectivity index (χ2n) is 4.62. The Bertz CT molecular complexity index is 611. The smallest absolute Gasteiger partial charge is 0.167 e. The molecule has 0 radical (unpaired) electrons. The lowest BCUT2D eigenvalue weighted by atomic mass is 9.99. The zero-order valence-electron chi connectivity index (χ0n) is 10.8. The average molecular weight is 338 g/mol. The largest absolute Gasteiger partial charge is 0.294 e. The van der Waals surface area contributed by atoms with Crippen LogP contribution in [0.5, 0.6) is 0 Å². The summed E-state index contributed by atoms with van der Waals surface area (Å²) in [5.74, 6) is 0.0896. The second-order valence-corrected chi connectivity index (χ2v) is 5.82. The van der Waals surface area contributed by atoms with E-state index in [1.807, 2.05) is 50.2 Å². The predicted molar refractivity (Wildman–Crippen MR) is 83.1 cm³/mol. The third kappa shape index (κ3) is 3.26. The molecule has 19 heavy (non-hydrogen) atoms. The number of hydrogen-bond donors (Lipinski definition) is 0. The van der Waals surface area contributed by atoms with Crippen LogP contribution >= 0.6 is 27.5 Å². The molecule has 0 heterocycles. The quantitative estimate of drug-likeness (QED) is 0.708. The van der Waals surface area contributed by atoms with Gasteiger partial charge in [0, 0.05) is 21.5 Å². The number of aryl methyl sites for hydroxylation is 2. The van der Waals surface area contributed by atoms with Gasteiger partial charge in [0.2, 0.25) is 0 Å². The van der Waals surface area contributed by atoms with Crippen LogP contribution in [0.4, 0.5) is 0 Å². The van der Waals surface area contributed by atoms with Crippen molar-refractivity contribution in [2.24, 2.45) is 0 Å². The number of carbonyl (C=O) groups excluding carboxylic acids is 1. The first-order valence-corrected chi connectivity index (χ1v) is 7.19. The number of rotatable bonds is 3.